The van der Waals surface area contributed by atoms with E-state index in [2.05, 4.69) is 6.92 Å². The highest BCUT2D eigenvalue weighted by Crippen LogP contribution is 2.24. The van der Waals surface area contributed by atoms with Crippen molar-refractivity contribution in [2.75, 3.05) is 46.2 Å². The zero-order valence-electron chi connectivity index (χ0n) is 12.4. The minimum Gasteiger partial charge on any atom is -0.396 e. The molecule has 0 amide bonds. The van der Waals surface area contributed by atoms with Gasteiger partial charge in [-0.2, -0.15) is 0 Å². The van der Waals surface area contributed by atoms with Crippen LogP contribution in [0.25, 0.3) is 0 Å². The fraction of sp³-hybridized carbons (Fsp3) is 1.00. The molecule has 0 spiro atoms. The largest absolute Gasteiger partial charge is 0.503 e. The van der Waals surface area contributed by atoms with Gasteiger partial charge in [-0.15, -0.1) is 0 Å². The van der Waals surface area contributed by atoms with Gasteiger partial charge in [-0.05, 0) is 0 Å². The van der Waals surface area contributed by atoms with Gasteiger partial charge >= 0.3 is 8.80 Å². The summed E-state index contributed by atoms with van der Waals surface area (Å²) in [6.45, 7) is 7.94. The van der Waals surface area contributed by atoms with Crippen LogP contribution in [0.15, 0.2) is 0 Å². The molecule has 6 nitrogen and oxygen atoms in total. The highest BCUT2D eigenvalue weighted by Gasteiger charge is 2.44. The lowest BCUT2D eigenvalue weighted by Crippen LogP contribution is -2.52. The smallest absolute Gasteiger partial charge is 0.396 e. The molecule has 2 unspecified atom stereocenters. The fourth-order valence-corrected chi connectivity index (χ4v) is 4.52. The Kier molecular flexibility index (Phi) is 6.41. The Labute approximate surface area is 121 Å². The third-order valence-corrected chi connectivity index (χ3v) is 5.97. The van der Waals surface area contributed by atoms with Crippen molar-refractivity contribution in [3.8, 4) is 0 Å². The standard InChI is InChI=1S/C13H26O6Si/c1-11(5-14)6-17-20(18-7-12(2)8-19-20)4-3-15-9-13-10-16-13/h11-14H,3-10H2,1-2H3. The Morgan fingerprint density at radius 3 is 2.60 bits per heavy atom. The molecule has 2 aliphatic rings. The van der Waals surface area contributed by atoms with Gasteiger partial charge in [0.1, 0.15) is 6.10 Å². The van der Waals surface area contributed by atoms with Gasteiger partial charge in [0.2, 0.25) is 0 Å². The van der Waals surface area contributed by atoms with Crippen molar-refractivity contribution in [1.82, 2.24) is 0 Å². The van der Waals surface area contributed by atoms with Gasteiger partial charge in [-0.1, -0.05) is 13.8 Å². The van der Waals surface area contributed by atoms with Crippen molar-refractivity contribution in [2.45, 2.75) is 26.0 Å². The average molecular weight is 306 g/mol. The second-order valence-electron chi connectivity index (χ2n) is 5.79. The van der Waals surface area contributed by atoms with Gasteiger partial charge in [-0.25, -0.2) is 0 Å². The molecule has 2 fully saturated rings. The molecule has 0 aromatic rings. The van der Waals surface area contributed by atoms with E-state index < -0.39 is 8.80 Å². The number of aliphatic hydroxyl groups is 1. The minimum atomic E-state index is -2.63. The zero-order valence-corrected chi connectivity index (χ0v) is 13.4. The molecule has 0 aromatic heterocycles. The summed E-state index contributed by atoms with van der Waals surface area (Å²) in [4.78, 5) is 0. The first-order chi connectivity index (χ1) is 9.63. The molecular formula is C13H26O6Si. The molecule has 20 heavy (non-hydrogen) atoms. The van der Waals surface area contributed by atoms with Crippen LogP contribution in [0.1, 0.15) is 13.8 Å². The highest BCUT2D eigenvalue weighted by atomic mass is 28.4. The van der Waals surface area contributed by atoms with Crippen LogP contribution >= 0.6 is 0 Å². The zero-order chi connectivity index (χ0) is 14.4. The van der Waals surface area contributed by atoms with Crippen molar-refractivity contribution in [1.29, 1.82) is 0 Å². The predicted octanol–water partition coefficient (Wildman–Crippen LogP) is 0.669. The van der Waals surface area contributed by atoms with E-state index in [1.165, 1.54) is 0 Å². The van der Waals surface area contributed by atoms with Crippen LogP contribution in [-0.4, -0.2) is 66.3 Å². The summed E-state index contributed by atoms with van der Waals surface area (Å²) >= 11 is 0. The van der Waals surface area contributed by atoms with E-state index in [9.17, 15) is 0 Å². The Morgan fingerprint density at radius 2 is 2.00 bits per heavy atom. The summed E-state index contributed by atoms with van der Waals surface area (Å²) in [5.74, 6) is 0.488. The van der Waals surface area contributed by atoms with Crippen molar-refractivity contribution in [3.63, 3.8) is 0 Å². The first-order valence-corrected chi connectivity index (χ1v) is 9.29. The van der Waals surface area contributed by atoms with Crippen LogP contribution in [-0.2, 0) is 22.8 Å². The summed E-state index contributed by atoms with van der Waals surface area (Å²) in [5, 5.41) is 9.09. The number of epoxide rings is 1. The predicted molar refractivity (Wildman–Crippen MR) is 74.4 cm³/mol. The van der Waals surface area contributed by atoms with Crippen LogP contribution in [0.5, 0.6) is 0 Å². The quantitative estimate of drug-likeness (QED) is 0.383. The summed E-state index contributed by atoms with van der Waals surface area (Å²) in [5.41, 5.74) is 0. The van der Waals surface area contributed by atoms with Gasteiger partial charge in [0.25, 0.3) is 0 Å². The summed E-state index contributed by atoms with van der Waals surface area (Å²) in [6.07, 6.45) is 0.274. The van der Waals surface area contributed by atoms with E-state index in [0.717, 1.165) is 6.61 Å². The number of rotatable bonds is 9. The van der Waals surface area contributed by atoms with Crippen LogP contribution in [0.4, 0.5) is 0 Å². The molecule has 0 bridgehead atoms. The first kappa shape index (κ1) is 16.3. The number of hydrogen-bond donors (Lipinski definition) is 1. The molecule has 7 heteroatoms. The molecule has 2 aliphatic heterocycles. The van der Waals surface area contributed by atoms with Crippen LogP contribution in [0.3, 0.4) is 0 Å². The lowest BCUT2D eigenvalue weighted by Gasteiger charge is -2.36. The Morgan fingerprint density at radius 1 is 1.30 bits per heavy atom. The fourth-order valence-electron chi connectivity index (χ4n) is 1.83. The maximum Gasteiger partial charge on any atom is 0.503 e. The number of hydrogen-bond acceptors (Lipinski definition) is 6. The van der Waals surface area contributed by atoms with Crippen LogP contribution in [0, 0.1) is 11.8 Å². The van der Waals surface area contributed by atoms with Crippen LogP contribution in [0.2, 0.25) is 6.04 Å². The third-order valence-electron chi connectivity index (χ3n) is 3.33. The molecule has 2 saturated heterocycles. The number of aliphatic hydroxyl groups excluding tert-OH is 1. The lowest BCUT2D eigenvalue weighted by atomic mass is 10.2. The second-order valence-corrected chi connectivity index (χ2v) is 8.52. The van der Waals surface area contributed by atoms with Gasteiger partial charge in [-0.3, -0.25) is 0 Å². The van der Waals surface area contributed by atoms with E-state index in [0.29, 0.717) is 45.0 Å². The maximum atomic E-state index is 9.09. The molecule has 0 radical (unpaired) electrons. The normalized spacial score (nSPS) is 35.0. The van der Waals surface area contributed by atoms with Gasteiger partial charge in [0.15, 0.2) is 0 Å². The van der Waals surface area contributed by atoms with Crippen molar-refractivity contribution >= 4 is 8.80 Å². The van der Waals surface area contributed by atoms with E-state index in [1.54, 1.807) is 0 Å². The molecule has 0 aromatic carbocycles. The summed E-state index contributed by atoms with van der Waals surface area (Å²) < 4.78 is 28.4. The van der Waals surface area contributed by atoms with E-state index >= 15 is 0 Å². The van der Waals surface area contributed by atoms with E-state index in [-0.39, 0.29) is 18.6 Å². The van der Waals surface area contributed by atoms with E-state index in [1.807, 2.05) is 6.92 Å². The summed E-state index contributed by atoms with van der Waals surface area (Å²) in [6, 6.07) is 0.657. The highest BCUT2D eigenvalue weighted by molar-refractivity contribution is 6.60. The van der Waals surface area contributed by atoms with Crippen molar-refractivity contribution in [2.24, 2.45) is 11.8 Å². The molecule has 2 atom stereocenters. The summed E-state index contributed by atoms with van der Waals surface area (Å²) in [7, 11) is -2.63. The van der Waals surface area contributed by atoms with Gasteiger partial charge in [0.05, 0.1) is 19.8 Å². The minimum absolute atomic E-state index is 0.0895. The van der Waals surface area contributed by atoms with Crippen molar-refractivity contribution < 1.29 is 27.9 Å². The molecular weight excluding hydrogens is 280 g/mol. The van der Waals surface area contributed by atoms with Gasteiger partial charge in [0, 0.05) is 44.3 Å². The molecule has 2 heterocycles. The molecule has 0 saturated carbocycles. The van der Waals surface area contributed by atoms with Gasteiger partial charge < -0.3 is 27.9 Å². The molecule has 1 N–H and O–H groups in total. The lowest BCUT2D eigenvalue weighted by molar-refractivity contribution is -0.0182. The Balaban J connectivity index is 1.75. The average Bonchev–Trinajstić information content (AvgIpc) is 3.28. The number of ether oxygens (including phenoxy) is 2. The SMILES string of the molecule is CC(CO)CO[Si]1(CCOCC2CO2)OCC(C)CO1. The van der Waals surface area contributed by atoms with E-state index in [4.69, 9.17) is 27.9 Å². The molecule has 0 aliphatic carbocycles. The topological polar surface area (TPSA) is 69.7 Å². The maximum absolute atomic E-state index is 9.09. The van der Waals surface area contributed by atoms with Crippen LogP contribution < -0.4 is 0 Å². The third kappa shape index (κ3) is 5.40. The second kappa shape index (κ2) is 7.84. The van der Waals surface area contributed by atoms with Crippen molar-refractivity contribution in [3.05, 3.63) is 0 Å². The Bertz CT molecular complexity index is 278. The molecule has 118 valence electrons. The Hall–Kier alpha value is -0.0231. The molecule has 2 rings (SSSR count). The monoisotopic (exact) mass is 306 g/mol. The first-order valence-electron chi connectivity index (χ1n) is 7.35.